The Morgan fingerprint density at radius 3 is 2.81 bits per heavy atom. The SMILES string of the molecule is O=C(O)c1cn2c(cc1=O)C(=O)OC(O)C2. The van der Waals surface area contributed by atoms with E-state index < -0.39 is 29.2 Å². The average Bonchev–Trinajstić information content (AvgIpc) is 2.18. The average molecular weight is 225 g/mol. The molecule has 0 spiro atoms. The molecule has 16 heavy (non-hydrogen) atoms. The van der Waals surface area contributed by atoms with Gasteiger partial charge in [-0.25, -0.2) is 9.59 Å². The number of aliphatic hydroxyl groups excluding tert-OH is 1. The van der Waals surface area contributed by atoms with E-state index >= 15 is 0 Å². The van der Waals surface area contributed by atoms with Crippen LogP contribution in [0.2, 0.25) is 0 Å². The number of rotatable bonds is 1. The van der Waals surface area contributed by atoms with Crippen molar-refractivity contribution in [2.45, 2.75) is 12.8 Å². The summed E-state index contributed by atoms with van der Waals surface area (Å²) in [5.74, 6) is -2.23. The van der Waals surface area contributed by atoms with Crippen LogP contribution in [-0.4, -0.2) is 33.0 Å². The molecule has 0 bridgehead atoms. The van der Waals surface area contributed by atoms with E-state index in [1.54, 1.807) is 0 Å². The lowest BCUT2D eigenvalue weighted by Crippen LogP contribution is -2.34. The molecule has 0 saturated carbocycles. The van der Waals surface area contributed by atoms with E-state index in [2.05, 4.69) is 4.74 Å². The molecule has 0 aromatic carbocycles. The minimum absolute atomic E-state index is 0.0692. The van der Waals surface area contributed by atoms with Gasteiger partial charge in [0.05, 0.1) is 6.54 Å². The minimum atomic E-state index is -1.38. The second-order valence-corrected chi connectivity index (χ2v) is 3.25. The molecule has 1 unspecified atom stereocenters. The summed E-state index contributed by atoms with van der Waals surface area (Å²) >= 11 is 0. The van der Waals surface area contributed by atoms with E-state index in [1.165, 1.54) is 4.57 Å². The molecule has 0 fully saturated rings. The second kappa shape index (κ2) is 3.46. The highest BCUT2D eigenvalue weighted by Crippen LogP contribution is 2.11. The van der Waals surface area contributed by atoms with E-state index in [4.69, 9.17) is 10.2 Å². The molecule has 2 rings (SSSR count). The molecule has 0 amide bonds. The first-order valence-corrected chi connectivity index (χ1v) is 4.36. The van der Waals surface area contributed by atoms with E-state index in [0.717, 1.165) is 12.3 Å². The van der Waals surface area contributed by atoms with Crippen LogP contribution >= 0.6 is 0 Å². The number of carboxylic acids is 1. The lowest BCUT2D eigenvalue weighted by atomic mass is 10.2. The lowest BCUT2D eigenvalue weighted by Gasteiger charge is -2.22. The van der Waals surface area contributed by atoms with Crippen LogP contribution in [-0.2, 0) is 11.3 Å². The summed E-state index contributed by atoms with van der Waals surface area (Å²) < 4.78 is 5.66. The van der Waals surface area contributed by atoms with Gasteiger partial charge in [-0.3, -0.25) is 4.79 Å². The summed E-state index contributed by atoms with van der Waals surface area (Å²) in [6.45, 7) is -0.0956. The summed E-state index contributed by atoms with van der Waals surface area (Å²) in [6.07, 6.45) is -0.312. The van der Waals surface area contributed by atoms with Gasteiger partial charge in [0.1, 0.15) is 11.3 Å². The van der Waals surface area contributed by atoms with Crippen LogP contribution in [0.25, 0.3) is 0 Å². The molecular weight excluding hydrogens is 218 g/mol. The van der Waals surface area contributed by atoms with Crippen LogP contribution < -0.4 is 5.43 Å². The molecule has 7 nitrogen and oxygen atoms in total. The maximum absolute atomic E-state index is 11.3. The second-order valence-electron chi connectivity index (χ2n) is 3.25. The first-order valence-electron chi connectivity index (χ1n) is 4.36. The number of carbonyl (C=O) groups is 2. The Morgan fingerprint density at radius 1 is 1.50 bits per heavy atom. The molecule has 1 aliphatic rings. The highest BCUT2D eigenvalue weighted by molar-refractivity contribution is 5.91. The molecule has 1 aliphatic heterocycles. The Hall–Kier alpha value is -2.15. The molecule has 7 heteroatoms. The van der Waals surface area contributed by atoms with Crippen molar-refractivity contribution in [2.24, 2.45) is 0 Å². The third-order valence-corrected chi connectivity index (χ3v) is 2.16. The van der Waals surface area contributed by atoms with E-state index in [1.807, 2.05) is 0 Å². The fourth-order valence-corrected chi connectivity index (χ4v) is 1.45. The van der Waals surface area contributed by atoms with Crippen LogP contribution in [0.5, 0.6) is 0 Å². The number of pyridine rings is 1. The van der Waals surface area contributed by atoms with Gasteiger partial charge >= 0.3 is 11.9 Å². The molecule has 1 aromatic rings. The van der Waals surface area contributed by atoms with Gasteiger partial charge in [0, 0.05) is 12.3 Å². The Labute approximate surface area is 88.5 Å². The Bertz CT molecular complexity index is 531. The van der Waals surface area contributed by atoms with Crippen molar-refractivity contribution in [1.82, 2.24) is 4.57 Å². The van der Waals surface area contributed by atoms with Gasteiger partial charge < -0.3 is 19.5 Å². The van der Waals surface area contributed by atoms with Crippen LogP contribution in [0.3, 0.4) is 0 Å². The largest absolute Gasteiger partial charge is 0.477 e. The summed E-state index contributed by atoms with van der Waals surface area (Å²) in [4.78, 5) is 33.2. The fraction of sp³-hybridized carbons (Fsp3) is 0.222. The predicted molar refractivity (Wildman–Crippen MR) is 49.1 cm³/mol. The summed E-state index contributed by atoms with van der Waals surface area (Å²) in [7, 11) is 0. The van der Waals surface area contributed by atoms with Gasteiger partial charge in [-0.2, -0.15) is 0 Å². The van der Waals surface area contributed by atoms with E-state index in [-0.39, 0.29) is 12.2 Å². The Morgan fingerprint density at radius 2 is 2.19 bits per heavy atom. The molecule has 1 aromatic heterocycles. The molecule has 0 aliphatic carbocycles. The maximum atomic E-state index is 11.3. The van der Waals surface area contributed by atoms with E-state index in [9.17, 15) is 14.4 Å². The fourth-order valence-electron chi connectivity index (χ4n) is 1.45. The number of cyclic esters (lactones) is 1. The summed E-state index contributed by atoms with van der Waals surface area (Å²) in [5, 5.41) is 17.8. The quantitative estimate of drug-likeness (QED) is 0.596. The topological polar surface area (TPSA) is 106 Å². The standard InChI is InChI=1S/C9H7NO6/c11-6-1-5-9(15)16-7(12)3-10(5)2-4(6)8(13)14/h1-2,7,12H,3H2,(H,13,14). The van der Waals surface area contributed by atoms with Crippen LogP contribution in [0, 0.1) is 0 Å². The van der Waals surface area contributed by atoms with Gasteiger partial charge in [-0.1, -0.05) is 0 Å². The van der Waals surface area contributed by atoms with Crippen LogP contribution in [0.4, 0.5) is 0 Å². The smallest absolute Gasteiger partial charge is 0.357 e. The molecule has 0 radical (unpaired) electrons. The zero-order chi connectivity index (χ0) is 11.9. The number of hydrogen-bond acceptors (Lipinski definition) is 5. The molecule has 2 heterocycles. The van der Waals surface area contributed by atoms with Gasteiger partial charge in [0.25, 0.3) is 0 Å². The van der Waals surface area contributed by atoms with Gasteiger partial charge in [-0.05, 0) is 0 Å². The molecular formula is C9H7NO6. The predicted octanol–water partition coefficient (Wildman–Crippen LogP) is -0.965. The zero-order valence-corrected chi connectivity index (χ0v) is 7.91. The van der Waals surface area contributed by atoms with Gasteiger partial charge in [0.15, 0.2) is 5.43 Å². The number of esters is 1. The lowest BCUT2D eigenvalue weighted by molar-refractivity contribution is -0.0834. The molecule has 84 valence electrons. The molecule has 0 saturated heterocycles. The van der Waals surface area contributed by atoms with Gasteiger partial charge in [-0.15, -0.1) is 0 Å². The molecule has 2 N–H and O–H groups in total. The van der Waals surface area contributed by atoms with Crippen molar-refractivity contribution >= 4 is 11.9 Å². The van der Waals surface area contributed by atoms with Crippen molar-refractivity contribution in [3.8, 4) is 0 Å². The van der Waals surface area contributed by atoms with Crippen molar-refractivity contribution in [3.63, 3.8) is 0 Å². The normalized spacial score (nSPS) is 18.8. The number of ether oxygens (including phenoxy) is 1. The first kappa shape index (κ1) is 10.4. The maximum Gasteiger partial charge on any atom is 0.357 e. The van der Waals surface area contributed by atoms with Crippen molar-refractivity contribution in [3.05, 3.63) is 33.7 Å². The monoisotopic (exact) mass is 225 g/mol. The summed E-state index contributed by atoms with van der Waals surface area (Å²) in [6, 6.07) is 0.887. The van der Waals surface area contributed by atoms with Crippen molar-refractivity contribution in [2.75, 3.05) is 0 Å². The Balaban J connectivity index is 2.62. The van der Waals surface area contributed by atoms with Crippen LogP contribution in [0.15, 0.2) is 17.1 Å². The first-order chi connectivity index (χ1) is 7.49. The number of aliphatic hydroxyl groups is 1. The highest BCUT2D eigenvalue weighted by atomic mass is 16.6. The Kier molecular flexibility index (Phi) is 2.24. The number of aromatic carboxylic acids is 1. The summed E-state index contributed by atoms with van der Waals surface area (Å²) in [5.41, 5.74) is -1.29. The third kappa shape index (κ3) is 1.57. The third-order valence-electron chi connectivity index (χ3n) is 2.16. The molecule has 1 atom stereocenters. The number of nitrogens with zero attached hydrogens (tertiary/aromatic N) is 1. The minimum Gasteiger partial charge on any atom is -0.477 e. The van der Waals surface area contributed by atoms with Crippen LogP contribution in [0.1, 0.15) is 20.8 Å². The van der Waals surface area contributed by atoms with Crippen molar-refractivity contribution < 1.29 is 24.5 Å². The van der Waals surface area contributed by atoms with E-state index in [0.29, 0.717) is 0 Å². The number of carbonyl (C=O) groups excluding carboxylic acids is 1. The number of fused-ring (bicyclic) bond motifs is 1. The number of hydrogen-bond donors (Lipinski definition) is 2. The zero-order valence-electron chi connectivity index (χ0n) is 7.91. The van der Waals surface area contributed by atoms with Crippen molar-refractivity contribution in [1.29, 1.82) is 0 Å². The number of carboxylic acid groups (broad SMARTS) is 1. The highest BCUT2D eigenvalue weighted by Gasteiger charge is 2.26. The van der Waals surface area contributed by atoms with Gasteiger partial charge in [0.2, 0.25) is 6.29 Å². The number of aromatic nitrogens is 1.